The zero-order chi connectivity index (χ0) is 30.3. The van der Waals surface area contributed by atoms with E-state index in [0.29, 0.717) is 0 Å². The molecule has 0 amide bonds. The van der Waals surface area contributed by atoms with E-state index in [0.717, 1.165) is 25.7 Å². The zero-order valence-corrected chi connectivity index (χ0v) is 25.8. The van der Waals surface area contributed by atoms with Gasteiger partial charge in [0.1, 0.15) is 0 Å². The molecule has 216 valence electrons. The summed E-state index contributed by atoms with van der Waals surface area (Å²) in [5.41, 5.74) is 11.6. The molecule has 0 radical (unpaired) electrons. The third kappa shape index (κ3) is 4.52. The summed E-state index contributed by atoms with van der Waals surface area (Å²) in [7, 11) is 0. The Hall–Kier alpha value is -5.20. The molecule has 0 nitrogen and oxygen atoms in total. The molecule has 0 bridgehead atoms. The molecule has 0 atom stereocenters. The van der Waals surface area contributed by atoms with Crippen molar-refractivity contribution in [2.45, 2.75) is 32.6 Å². The lowest BCUT2D eigenvalue weighted by Gasteiger charge is -2.20. The van der Waals surface area contributed by atoms with Crippen molar-refractivity contribution in [2.24, 2.45) is 0 Å². The van der Waals surface area contributed by atoms with Gasteiger partial charge in [-0.2, -0.15) is 0 Å². The first-order chi connectivity index (χ1) is 22.2. The lowest BCUT2D eigenvalue weighted by Crippen LogP contribution is -2.10. The zero-order valence-electron chi connectivity index (χ0n) is 25.8. The van der Waals surface area contributed by atoms with E-state index in [-0.39, 0.29) is 0 Å². The Morgan fingerprint density at radius 1 is 0.489 bits per heavy atom. The van der Waals surface area contributed by atoms with Crippen molar-refractivity contribution in [3.05, 3.63) is 162 Å². The molecule has 0 aliphatic heterocycles. The molecule has 6 aromatic carbocycles. The molecule has 6 aromatic rings. The summed E-state index contributed by atoms with van der Waals surface area (Å²) in [4.78, 5) is 0. The van der Waals surface area contributed by atoms with Gasteiger partial charge in [0.2, 0.25) is 0 Å². The van der Waals surface area contributed by atoms with Gasteiger partial charge in [-0.3, -0.25) is 0 Å². The molecule has 8 rings (SSSR count). The minimum Gasteiger partial charge on any atom is -0.0990 e. The quantitative estimate of drug-likeness (QED) is 0.141. The Balaban J connectivity index is 1.41. The van der Waals surface area contributed by atoms with Crippen molar-refractivity contribution in [2.75, 3.05) is 0 Å². The van der Waals surface area contributed by atoms with Crippen molar-refractivity contribution < 1.29 is 0 Å². The highest BCUT2D eigenvalue weighted by Crippen LogP contribution is 2.43. The highest BCUT2D eigenvalue weighted by atomic mass is 14.2. The second-order valence-electron chi connectivity index (χ2n) is 12.2. The molecule has 0 spiro atoms. The van der Waals surface area contributed by atoms with Crippen LogP contribution < -0.4 is 5.22 Å². The first-order valence-electron chi connectivity index (χ1n) is 16.2. The summed E-state index contributed by atoms with van der Waals surface area (Å²) in [5.74, 6) is 0. The molecule has 0 aromatic heterocycles. The number of fused-ring (bicyclic) bond motifs is 2. The van der Waals surface area contributed by atoms with E-state index >= 15 is 0 Å². The third-order valence-corrected chi connectivity index (χ3v) is 9.69. The number of allylic oxidation sites excluding steroid dienone is 9. The fourth-order valence-electron chi connectivity index (χ4n) is 7.65. The van der Waals surface area contributed by atoms with Crippen LogP contribution in [0.1, 0.15) is 42.4 Å². The topological polar surface area (TPSA) is 0 Å². The van der Waals surface area contributed by atoms with Gasteiger partial charge < -0.3 is 0 Å². The smallest absolute Gasteiger partial charge is 0.00235 e. The van der Waals surface area contributed by atoms with Gasteiger partial charge in [-0.1, -0.05) is 146 Å². The molecular weight excluding hydrogens is 540 g/mol. The maximum Gasteiger partial charge on any atom is -0.00235 e. The summed E-state index contributed by atoms with van der Waals surface area (Å²) in [6.07, 6.45) is 22.5. The predicted molar refractivity (Wildman–Crippen MR) is 197 cm³/mol. The van der Waals surface area contributed by atoms with Gasteiger partial charge in [-0.25, -0.2) is 0 Å². The van der Waals surface area contributed by atoms with Crippen molar-refractivity contribution >= 4 is 49.5 Å². The molecule has 2 aliphatic carbocycles. The van der Waals surface area contributed by atoms with E-state index < -0.39 is 0 Å². The van der Waals surface area contributed by atoms with Crippen LogP contribution in [0.5, 0.6) is 0 Å². The number of hydrogen-bond donors (Lipinski definition) is 0. The van der Waals surface area contributed by atoms with E-state index in [1.807, 2.05) is 6.08 Å². The van der Waals surface area contributed by atoms with Gasteiger partial charge in [0, 0.05) is 0 Å². The van der Waals surface area contributed by atoms with E-state index in [1.165, 1.54) is 87.6 Å². The molecule has 0 unspecified atom stereocenters. The second kappa shape index (κ2) is 11.4. The summed E-state index contributed by atoms with van der Waals surface area (Å²) < 4.78 is 0. The van der Waals surface area contributed by atoms with Crippen LogP contribution in [-0.4, -0.2) is 0 Å². The van der Waals surface area contributed by atoms with Crippen molar-refractivity contribution in [1.82, 2.24) is 0 Å². The average molecular weight is 577 g/mol. The summed E-state index contributed by atoms with van der Waals surface area (Å²) >= 11 is 0. The highest BCUT2D eigenvalue weighted by molar-refractivity contribution is 6.26. The Kier molecular flexibility index (Phi) is 6.92. The molecule has 0 saturated heterocycles. The largest absolute Gasteiger partial charge is 0.0990 e. The number of aryl methyl sites for hydroxylation is 1. The molecule has 0 N–H and O–H groups in total. The minimum atomic E-state index is 1.09. The van der Waals surface area contributed by atoms with Gasteiger partial charge in [0.15, 0.2) is 0 Å². The van der Waals surface area contributed by atoms with Gasteiger partial charge in [0.05, 0.1) is 0 Å². The van der Waals surface area contributed by atoms with Crippen molar-refractivity contribution in [1.29, 1.82) is 0 Å². The highest BCUT2D eigenvalue weighted by Gasteiger charge is 2.19. The van der Waals surface area contributed by atoms with Crippen LogP contribution in [0.25, 0.3) is 71.8 Å². The first kappa shape index (κ1) is 27.4. The van der Waals surface area contributed by atoms with Crippen LogP contribution in [-0.2, 0) is 0 Å². The van der Waals surface area contributed by atoms with Crippen molar-refractivity contribution in [3.63, 3.8) is 0 Å². The van der Waals surface area contributed by atoms with Crippen LogP contribution >= 0.6 is 0 Å². The summed E-state index contributed by atoms with van der Waals surface area (Å²) in [5, 5.41) is 9.10. The Bertz CT molecular complexity index is 2330. The van der Waals surface area contributed by atoms with E-state index in [1.54, 1.807) is 0 Å². The monoisotopic (exact) mass is 576 g/mol. The van der Waals surface area contributed by atoms with Crippen LogP contribution in [0.3, 0.4) is 0 Å². The van der Waals surface area contributed by atoms with E-state index in [9.17, 15) is 0 Å². The van der Waals surface area contributed by atoms with Gasteiger partial charge in [-0.15, -0.1) is 0 Å². The summed E-state index contributed by atoms with van der Waals surface area (Å²) in [6, 6.07) is 34.0. The van der Waals surface area contributed by atoms with Crippen molar-refractivity contribution in [3.8, 4) is 22.3 Å². The second-order valence-corrected chi connectivity index (χ2v) is 12.2. The normalized spacial score (nSPS) is 15.2. The number of rotatable bonds is 5. The fraction of sp³-hybridized carbons (Fsp3) is 0.111. The number of benzene rings is 6. The number of hydrogen-bond acceptors (Lipinski definition) is 0. The molecule has 0 saturated carbocycles. The summed E-state index contributed by atoms with van der Waals surface area (Å²) in [6.45, 7) is 6.46. The van der Waals surface area contributed by atoms with Gasteiger partial charge >= 0.3 is 0 Å². The SMILES string of the molecule is C=C/C=c1/c(-c2ccccc2C2=CCCC=C2)ccc2c1c(C)c1ccc(-c3ccccc3C3=CCCC=C3)c3cccc2c31. The predicted octanol–water partition coefficient (Wildman–Crippen LogP) is 11.9. The van der Waals surface area contributed by atoms with E-state index in [2.05, 4.69) is 147 Å². The van der Waals surface area contributed by atoms with Crippen LogP contribution in [0.15, 0.2) is 140 Å². The van der Waals surface area contributed by atoms with Crippen LogP contribution in [0.4, 0.5) is 0 Å². The Morgan fingerprint density at radius 3 is 1.67 bits per heavy atom. The molecule has 2 aliphatic rings. The van der Waals surface area contributed by atoms with Gasteiger partial charge in [0.25, 0.3) is 0 Å². The molecule has 0 fully saturated rings. The molecule has 0 heterocycles. The maximum absolute atomic E-state index is 4.16. The van der Waals surface area contributed by atoms with E-state index in [4.69, 9.17) is 0 Å². The minimum absolute atomic E-state index is 1.09. The Morgan fingerprint density at radius 2 is 1.04 bits per heavy atom. The molecule has 0 heteroatoms. The van der Waals surface area contributed by atoms with Gasteiger partial charge in [-0.05, 0) is 120 Å². The van der Waals surface area contributed by atoms with Crippen LogP contribution in [0, 0.1) is 6.92 Å². The lowest BCUT2D eigenvalue weighted by molar-refractivity contribution is 1.04. The maximum atomic E-state index is 4.16. The molecular formula is C45H36. The third-order valence-electron chi connectivity index (χ3n) is 9.69. The fourth-order valence-corrected chi connectivity index (χ4v) is 7.65. The standard InChI is InChI=1S/C45H36/c1-3-15-40-38(36-22-12-10-20-34(36)31-16-6-4-7-17-31)28-29-43-42-25-14-24-41-39(27-26-33(45(41)42)30(2)44(40)43)37-23-13-11-21-35(37)32-18-8-5-9-19-32/h3,6,8,10-29H,1,4-5,7,9H2,2H3/b40-15-. The average Bonchev–Trinajstić information content (AvgIpc) is 3.11. The lowest BCUT2D eigenvalue weighted by atomic mass is 9.83. The Labute approximate surface area is 265 Å². The first-order valence-corrected chi connectivity index (χ1v) is 16.2. The van der Waals surface area contributed by atoms with Crippen LogP contribution in [0.2, 0.25) is 0 Å². The molecule has 45 heavy (non-hydrogen) atoms.